The average molecular weight is 430 g/mol. The summed E-state index contributed by atoms with van der Waals surface area (Å²) in [5.74, 6) is 1.40. The Kier molecular flexibility index (Phi) is 6.68. The molecular weight excluding hydrogens is 409 g/mol. The number of hydrogen-bond acceptors (Lipinski definition) is 3. The predicted octanol–water partition coefficient (Wildman–Crippen LogP) is 6.81. The van der Waals surface area contributed by atoms with Crippen LogP contribution in [-0.2, 0) is 4.79 Å². The lowest BCUT2D eigenvalue weighted by molar-refractivity contribution is -0.122. The third-order valence-electron chi connectivity index (χ3n) is 4.26. The number of benzene rings is 3. The van der Waals surface area contributed by atoms with Gasteiger partial charge in [0.05, 0.1) is 5.69 Å². The molecule has 0 aliphatic carbocycles. The maximum atomic E-state index is 12.7. The Morgan fingerprint density at radius 3 is 2.24 bits per heavy atom. The standard InChI is InChI=1S/C23H21Cl2NO3/c1-14-11-19(12-15(2)22(14)25)28-16(3)23(27)26-20-13-17(24)9-10-21(20)29-18-7-5-4-6-8-18/h4-13,16H,1-3H3,(H,26,27). The Morgan fingerprint density at radius 1 is 0.931 bits per heavy atom. The van der Waals surface area contributed by atoms with Gasteiger partial charge in [0, 0.05) is 10.0 Å². The molecule has 0 saturated carbocycles. The summed E-state index contributed by atoms with van der Waals surface area (Å²) in [6.45, 7) is 5.47. The second-order valence-corrected chi connectivity index (χ2v) is 7.49. The van der Waals surface area contributed by atoms with E-state index in [0.29, 0.717) is 33.0 Å². The molecule has 0 aliphatic heterocycles. The molecule has 0 aliphatic rings. The van der Waals surface area contributed by atoms with Crippen molar-refractivity contribution in [3.05, 3.63) is 81.8 Å². The lowest BCUT2D eigenvalue weighted by Crippen LogP contribution is -2.30. The van der Waals surface area contributed by atoms with Crippen molar-refractivity contribution in [1.29, 1.82) is 0 Å². The van der Waals surface area contributed by atoms with E-state index in [1.165, 1.54) is 0 Å². The summed E-state index contributed by atoms with van der Waals surface area (Å²) < 4.78 is 11.7. The van der Waals surface area contributed by atoms with Crippen LogP contribution in [0.1, 0.15) is 18.1 Å². The molecular formula is C23H21Cl2NO3. The number of halogens is 2. The molecule has 0 fully saturated rings. The molecule has 3 rings (SSSR count). The van der Waals surface area contributed by atoms with Crippen molar-refractivity contribution in [3.8, 4) is 17.2 Å². The topological polar surface area (TPSA) is 47.6 Å². The van der Waals surface area contributed by atoms with E-state index in [1.54, 1.807) is 25.1 Å². The Bertz CT molecular complexity index is 999. The van der Waals surface area contributed by atoms with Crippen LogP contribution in [0.2, 0.25) is 10.0 Å². The molecule has 6 heteroatoms. The summed E-state index contributed by atoms with van der Waals surface area (Å²) in [5.41, 5.74) is 2.25. The van der Waals surface area contributed by atoms with Gasteiger partial charge < -0.3 is 14.8 Å². The lowest BCUT2D eigenvalue weighted by atomic mass is 10.1. The third kappa shape index (κ3) is 5.43. The molecule has 0 aromatic heterocycles. The first-order chi connectivity index (χ1) is 13.8. The van der Waals surface area contributed by atoms with Gasteiger partial charge in [-0.05, 0) is 74.4 Å². The number of carbonyl (C=O) groups excluding carboxylic acids is 1. The number of hydrogen-bond donors (Lipinski definition) is 1. The molecule has 1 amide bonds. The summed E-state index contributed by atoms with van der Waals surface area (Å²) >= 11 is 12.3. The number of anilines is 1. The molecule has 4 nitrogen and oxygen atoms in total. The van der Waals surface area contributed by atoms with E-state index in [-0.39, 0.29) is 5.91 Å². The maximum Gasteiger partial charge on any atom is 0.265 e. The van der Waals surface area contributed by atoms with Crippen molar-refractivity contribution in [1.82, 2.24) is 0 Å². The van der Waals surface area contributed by atoms with Crippen molar-refractivity contribution in [2.45, 2.75) is 26.9 Å². The first-order valence-electron chi connectivity index (χ1n) is 9.10. The van der Waals surface area contributed by atoms with Gasteiger partial charge in [0.1, 0.15) is 11.5 Å². The summed E-state index contributed by atoms with van der Waals surface area (Å²) in [7, 11) is 0. The highest BCUT2D eigenvalue weighted by molar-refractivity contribution is 6.32. The van der Waals surface area contributed by atoms with Gasteiger partial charge in [-0.25, -0.2) is 0 Å². The fourth-order valence-corrected chi connectivity index (χ4v) is 3.05. The average Bonchev–Trinajstić information content (AvgIpc) is 2.69. The Hall–Kier alpha value is -2.69. The Morgan fingerprint density at radius 2 is 1.59 bits per heavy atom. The van der Waals surface area contributed by atoms with Gasteiger partial charge >= 0.3 is 0 Å². The van der Waals surface area contributed by atoms with Crippen LogP contribution in [0.4, 0.5) is 5.69 Å². The molecule has 3 aromatic rings. The number of aryl methyl sites for hydroxylation is 2. The minimum Gasteiger partial charge on any atom is -0.481 e. The zero-order valence-electron chi connectivity index (χ0n) is 16.3. The van der Waals surface area contributed by atoms with Crippen LogP contribution in [0.25, 0.3) is 0 Å². The number of amides is 1. The summed E-state index contributed by atoms with van der Waals surface area (Å²) in [6.07, 6.45) is -0.737. The van der Waals surface area contributed by atoms with Crippen LogP contribution < -0.4 is 14.8 Å². The van der Waals surface area contributed by atoms with E-state index in [0.717, 1.165) is 11.1 Å². The Labute approximate surface area is 180 Å². The molecule has 1 atom stereocenters. The van der Waals surface area contributed by atoms with Gasteiger partial charge in [0.15, 0.2) is 11.9 Å². The van der Waals surface area contributed by atoms with Crippen LogP contribution in [0.5, 0.6) is 17.2 Å². The van der Waals surface area contributed by atoms with E-state index in [1.807, 2.05) is 56.3 Å². The molecule has 1 N–H and O–H groups in total. The van der Waals surface area contributed by atoms with Crippen molar-refractivity contribution in [2.75, 3.05) is 5.32 Å². The van der Waals surface area contributed by atoms with Crippen molar-refractivity contribution in [2.24, 2.45) is 0 Å². The minimum absolute atomic E-state index is 0.324. The molecule has 3 aromatic carbocycles. The van der Waals surface area contributed by atoms with E-state index in [4.69, 9.17) is 32.7 Å². The highest BCUT2D eigenvalue weighted by Crippen LogP contribution is 2.32. The number of rotatable bonds is 6. The van der Waals surface area contributed by atoms with Crippen LogP contribution in [0, 0.1) is 13.8 Å². The second-order valence-electron chi connectivity index (χ2n) is 6.68. The zero-order valence-corrected chi connectivity index (χ0v) is 17.8. The van der Waals surface area contributed by atoms with Crippen LogP contribution >= 0.6 is 23.2 Å². The van der Waals surface area contributed by atoms with Crippen LogP contribution in [0.3, 0.4) is 0 Å². The summed E-state index contributed by atoms with van der Waals surface area (Å²) in [6, 6.07) is 18.0. The van der Waals surface area contributed by atoms with Crippen LogP contribution in [0.15, 0.2) is 60.7 Å². The van der Waals surface area contributed by atoms with Gasteiger partial charge in [0.2, 0.25) is 0 Å². The fourth-order valence-electron chi connectivity index (χ4n) is 2.77. The molecule has 0 radical (unpaired) electrons. The number of para-hydroxylation sites is 1. The molecule has 150 valence electrons. The third-order valence-corrected chi connectivity index (χ3v) is 5.09. The normalized spacial score (nSPS) is 11.6. The predicted molar refractivity (Wildman–Crippen MR) is 118 cm³/mol. The Balaban J connectivity index is 1.75. The van der Waals surface area contributed by atoms with Crippen molar-refractivity contribution < 1.29 is 14.3 Å². The monoisotopic (exact) mass is 429 g/mol. The van der Waals surface area contributed by atoms with Gasteiger partial charge in [0.25, 0.3) is 5.91 Å². The van der Waals surface area contributed by atoms with Crippen molar-refractivity contribution >= 4 is 34.8 Å². The van der Waals surface area contributed by atoms with Gasteiger partial charge in [-0.1, -0.05) is 41.4 Å². The molecule has 1 unspecified atom stereocenters. The number of carbonyl (C=O) groups is 1. The molecule has 0 heterocycles. The highest BCUT2D eigenvalue weighted by Gasteiger charge is 2.18. The highest BCUT2D eigenvalue weighted by atomic mass is 35.5. The largest absolute Gasteiger partial charge is 0.481 e. The van der Waals surface area contributed by atoms with Gasteiger partial charge in [-0.3, -0.25) is 4.79 Å². The van der Waals surface area contributed by atoms with Gasteiger partial charge in [-0.15, -0.1) is 0 Å². The van der Waals surface area contributed by atoms with Crippen molar-refractivity contribution in [3.63, 3.8) is 0 Å². The first-order valence-corrected chi connectivity index (χ1v) is 9.86. The maximum absolute atomic E-state index is 12.7. The quantitative estimate of drug-likeness (QED) is 0.467. The number of nitrogens with one attached hydrogen (secondary N) is 1. The first kappa shape index (κ1) is 21.0. The minimum atomic E-state index is -0.737. The van der Waals surface area contributed by atoms with Gasteiger partial charge in [-0.2, -0.15) is 0 Å². The number of ether oxygens (including phenoxy) is 2. The lowest BCUT2D eigenvalue weighted by Gasteiger charge is -2.18. The van der Waals surface area contributed by atoms with Crippen LogP contribution in [-0.4, -0.2) is 12.0 Å². The molecule has 0 bridgehead atoms. The SMILES string of the molecule is Cc1cc(OC(C)C(=O)Nc2cc(Cl)ccc2Oc2ccccc2)cc(C)c1Cl. The smallest absolute Gasteiger partial charge is 0.265 e. The van der Waals surface area contributed by atoms with E-state index in [9.17, 15) is 4.79 Å². The summed E-state index contributed by atoms with van der Waals surface area (Å²) in [4.78, 5) is 12.7. The molecule has 29 heavy (non-hydrogen) atoms. The van der Waals surface area contributed by atoms with E-state index >= 15 is 0 Å². The van der Waals surface area contributed by atoms with E-state index in [2.05, 4.69) is 5.32 Å². The molecule has 0 saturated heterocycles. The molecule has 0 spiro atoms. The summed E-state index contributed by atoms with van der Waals surface area (Å²) in [5, 5.41) is 4.01. The fraction of sp³-hybridized carbons (Fsp3) is 0.174. The van der Waals surface area contributed by atoms with E-state index < -0.39 is 6.10 Å². The second kappa shape index (κ2) is 9.21. The zero-order chi connectivity index (χ0) is 21.0.